The number of nitrogens with zero attached hydrogens (tertiary/aromatic N) is 1. The molecule has 2 heterocycles. The summed E-state index contributed by atoms with van der Waals surface area (Å²) >= 11 is 0. The highest BCUT2D eigenvalue weighted by molar-refractivity contribution is 5.74. The van der Waals surface area contributed by atoms with Crippen molar-refractivity contribution in [1.29, 1.82) is 0 Å². The van der Waals surface area contributed by atoms with Crippen LogP contribution in [0, 0.1) is 0 Å². The lowest BCUT2D eigenvalue weighted by Crippen LogP contribution is -2.37. The zero-order valence-electron chi connectivity index (χ0n) is 10.5. The summed E-state index contributed by atoms with van der Waals surface area (Å²) in [5.74, 6) is 0. The Morgan fingerprint density at radius 1 is 1.41 bits per heavy atom. The van der Waals surface area contributed by atoms with E-state index in [-0.39, 0.29) is 0 Å². The van der Waals surface area contributed by atoms with Gasteiger partial charge in [-0.15, -0.1) is 0 Å². The summed E-state index contributed by atoms with van der Waals surface area (Å²) < 4.78 is 2.47. The van der Waals surface area contributed by atoms with E-state index in [1.807, 2.05) is 0 Å². The highest BCUT2D eigenvalue weighted by atomic mass is 15.1. The minimum Gasteiger partial charge on any atom is -0.346 e. The van der Waals surface area contributed by atoms with Crippen LogP contribution in [0.25, 0.3) is 5.57 Å². The normalized spacial score (nSPS) is 29.2. The van der Waals surface area contributed by atoms with E-state index >= 15 is 0 Å². The van der Waals surface area contributed by atoms with Gasteiger partial charge in [-0.3, -0.25) is 0 Å². The second-order valence-corrected chi connectivity index (χ2v) is 5.94. The molecule has 1 spiro atoms. The lowest BCUT2D eigenvalue weighted by molar-refractivity contribution is 0.243. The number of nitrogens with one attached hydrogen (secondary N) is 1. The molecule has 1 fully saturated rings. The van der Waals surface area contributed by atoms with Gasteiger partial charge in [0.2, 0.25) is 0 Å². The fourth-order valence-corrected chi connectivity index (χ4v) is 3.89. The summed E-state index contributed by atoms with van der Waals surface area (Å²) in [7, 11) is 0. The van der Waals surface area contributed by atoms with E-state index in [0.717, 1.165) is 13.1 Å². The Kier molecular flexibility index (Phi) is 1.91. The molecule has 2 heteroatoms. The van der Waals surface area contributed by atoms with E-state index in [1.54, 1.807) is 16.8 Å². The van der Waals surface area contributed by atoms with Gasteiger partial charge < -0.3 is 9.88 Å². The van der Waals surface area contributed by atoms with E-state index in [9.17, 15) is 0 Å². The van der Waals surface area contributed by atoms with Gasteiger partial charge in [0, 0.05) is 36.4 Å². The smallest absolute Gasteiger partial charge is 0.0490 e. The molecule has 1 saturated carbocycles. The van der Waals surface area contributed by atoms with Crippen LogP contribution in [0.3, 0.4) is 0 Å². The average Bonchev–Trinajstić information content (AvgIpc) is 2.63. The van der Waals surface area contributed by atoms with Crippen molar-refractivity contribution in [1.82, 2.24) is 9.88 Å². The molecule has 0 saturated heterocycles. The molecule has 1 aliphatic heterocycles. The molecule has 1 N–H and O–H groups in total. The molecule has 0 amide bonds. The molecule has 0 radical (unpaired) electrons. The molecule has 1 aromatic heterocycles. The highest BCUT2D eigenvalue weighted by Crippen LogP contribution is 2.52. The van der Waals surface area contributed by atoms with Crippen LogP contribution in [0.4, 0.5) is 0 Å². The van der Waals surface area contributed by atoms with Crippen LogP contribution in [0.2, 0.25) is 0 Å². The first kappa shape index (κ1) is 9.95. The zero-order valence-corrected chi connectivity index (χ0v) is 10.5. The molecule has 2 aliphatic carbocycles. The van der Waals surface area contributed by atoms with Crippen molar-refractivity contribution in [3.05, 3.63) is 29.6 Å². The van der Waals surface area contributed by atoms with Gasteiger partial charge in [0.25, 0.3) is 0 Å². The summed E-state index contributed by atoms with van der Waals surface area (Å²) in [5.41, 5.74) is 5.26. The van der Waals surface area contributed by atoms with Gasteiger partial charge in [0.05, 0.1) is 0 Å². The molecule has 1 atom stereocenters. The predicted molar refractivity (Wildman–Crippen MR) is 70.0 cm³/mol. The molecule has 0 aromatic carbocycles. The Hall–Kier alpha value is -1.02. The molecule has 4 rings (SSSR count). The number of hydrogen-bond donors (Lipinski definition) is 1. The fraction of sp³-hybridized carbons (Fsp3) is 0.600. The number of fused-ring (bicyclic) bond motifs is 1. The molecular weight excluding hydrogens is 208 g/mol. The number of rotatable bonds is 0. The second-order valence-electron chi connectivity index (χ2n) is 5.94. The number of hydrogen-bond acceptors (Lipinski definition) is 1. The lowest BCUT2D eigenvalue weighted by atomic mass is 9.60. The lowest BCUT2D eigenvalue weighted by Gasteiger charge is -2.45. The van der Waals surface area contributed by atoms with Gasteiger partial charge in [0.15, 0.2) is 0 Å². The molecular formula is C15H20N2. The topological polar surface area (TPSA) is 17.0 Å². The standard InChI is InChI=1S/C15H20N2/c1-11-12-3-7-15(5-2-6-15)13-4-9-17(14(12)13)10-8-16-11/h3-4,9,11,16H,2,5-8,10H2,1H3. The van der Waals surface area contributed by atoms with Crippen molar-refractivity contribution in [3.63, 3.8) is 0 Å². The molecule has 2 nitrogen and oxygen atoms in total. The Labute approximate surface area is 103 Å². The first-order chi connectivity index (χ1) is 8.30. The van der Waals surface area contributed by atoms with Crippen molar-refractivity contribution in [2.45, 2.75) is 50.6 Å². The van der Waals surface area contributed by atoms with Gasteiger partial charge in [-0.2, -0.15) is 0 Å². The monoisotopic (exact) mass is 228 g/mol. The first-order valence-electron chi connectivity index (χ1n) is 6.94. The van der Waals surface area contributed by atoms with Crippen molar-refractivity contribution >= 4 is 5.57 Å². The quantitative estimate of drug-likeness (QED) is 0.722. The Balaban J connectivity index is 1.92. The van der Waals surface area contributed by atoms with Crippen molar-refractivity contribution in [2.24, 2.45) is 0 Å². The van der Waals surface area contributed by atoms with Crippen LogP contribution in [0.1, 0.15) is 43.9 Å². The average molecular weight is 228 g/mol. The van der Waals surface area contributed by atoms with Crippen molar-refractivity contribution < 1.29 is 0 Å². The number of aromatic nitrogens is 1. The van der Waals surface area contributed by atoms with E-state index in [2.05, 4.69) is 35.1 Å². The minimum atomic E-state index is 0.516. The Morgan fingerprint density at radius 2 is 2.29 bits per heavy atom. The third-order valence-electron chi connectivity index (χ3n) is 5.10. The SMILES string of the molecule is CC1NCCn2ccc3c2C1=CCC31CCC1. The highest BCUT2D eigenvalue weighted by Gasteiger charge is 2.43. The molecule has 0 bridgehead atoms. The molecule has 3 aliphatic rings. The van der Waals surface area contributed by atoms with E-state index in [4.69, 9.17) is 0 Å². The minimum absolute atomic E-state index is 0.516. The van der Waals surface area contributed by atoms with E-state index in [1.165, 1.54) is 25.7 Å². The summed E-state index contributed by atoms with van der Waals surface area (Å²) in [6.45, 7) is 4.51. The largest absolute Gasteiger partial charge is 0.346 e. The molecule has 90 valence electrons. The van der Waals surface area contributed by atoms with Gasteiger partial charge in [-0.05, 0) is 43.4 Å². The number of allylic oxidation sites excluding steroid dienone is 1. The maximum absolute atomic E-state index is 3.61. The fourth-order valence-electron chi connectivity index (χ4n) is 3.89. The van der Waals surface area contributed by atoms with E-state index < -0.39 is 0 Å². The summed E-state index contributed by atoms with van der Waals surface area (Å²) in [6.07, 6.45) is 10.3. The van der Waals surface area contributed by atoms with Gasteiger partial charge in [0.1, 0.15) is 0 Å². The molecule has 17 heavy (non-hydrogen) atoms. The third-order valence-corrected chi connectivity index (χ3v) is 5.10. The maximum Gasteiger partial charge on any atom is 0.0490 e. The third kappa shape index (κ3) is 1.19. The predicted octanol–water partition coefficient (Wildman–Crippen LogP) is 2.69. The van der Waals surface area contributed by atoms with Crippen LogP contribution in [0.5, 0.6) is 0 Å². The van der Waals surface area contributed by atoms with Gasteiger partial charge in [-0.25, -0.2) is 0 Å². The second kappa shape index (κ2) is 3.26. The van der Waals surface area contributed by atoms with Crippen LogP contribution in [-0.4, -0.2) is 17.2 Å². The van der Waals surface area contributed by atoms with Crippen LogP contribution in [0.15, 0.2) is 18.3 Å². The van der Waals surface area contributed by atoms with Gasteiger partial charge >= 0.3 is 0 Å². The summed E-state index contributed by atoms with van der Waals surface area (Å²) in [5, 5.41) is 3.61. The maximum atomic E-state index is 3.61. The van der Waals surface area contributed by atoms with E-state index in [0.29, 0.717) is 11.5 Å². The van der Waals surface area contributed by atoms with Crippen LogP contribution < -0.4 is 5.32 Å². The van der Waals surface area contributed by atoms with Gasteiger partial charge in [-0.1, -0.05) is 12.5 Å². The van der Waals surface area contributed by atoms with Crippen molar-refractivity contribution in [3.8, 4) is 0 Å². The summed E-state index contributed by atoms with van der Waals surface area (Å²) in [6, 6.07) is 2.92. The molecule has 1 unspecified atom stereocenters. The summed E-state index contributed by atoms with van der Waals surface area (Å²) in [4.78, 5) is 0. The first-order valence-corrected chi connectivity index (χ1v) is 6.94. The Bertz CT molecular complexity index is 491. The van der Waals surface area contributed by atoms with Crippen molar-refractivity contribution in [2.75, 3.05) is 6.54 Å². The Morgan fingerprint density at radius 3 is 3.06 bits per heavy atom. The zero-order chi connectivity index (χ0) is 11.5. The van der Waals surface area contributed by atoms with Crippen LogP contribution >= 0.6 is 0 Å². The molecule has 1 aromatic rings. The van der Waals surface area contributed by atoms with Crippen LogP contribution in [-0.2, 0) is 12.0 Å².